The molecule has 1 aliphatic rings. The van der Waals surface area contributed by atoms with Crippen molar-refractivity contribution in [2.45, 2.75) is 25.7 Å². The zero-order valence-corrected chi connectivity index (χ0v) is 14.6. The van der Waals surface area contributed by atoms with Gasteiger partial charge in [-0.05, 0) is 37.1 Å². The van der Waals surface area contributed by atoms with Gasteiger partial charge in [-0.2, -0.15) is 0 Å². The fraction of sp³-hybridized carbons (Fsp3) is 0.286. The summed E-state index contributed by atoms with van der Waals surface area (Å²) >= 11 is 0. The van der Waals surface area contributed by atoms with Crippen molar-refractivity contribution in [3.63, 3.8) is 0 Å². The molecule has 4 rings (SSSR count). The predicted molar refractivity (Wildman–Crippen MR) is 99.4 cm³/mol. The minimum Gasteiger partial charge on any atom is -0.339 e. The van der Waals surface area contributed by atoms with Crippen LogP contribution in [0.1, 0.15) is 52.1 Å². The Morgan fingerprint density at radius 3 is 2.27 bits per heavy atom. The Morgan fingerprint density at radius 1 is 0.846 bits per heavy atom. The minimum absolute atomic E-state index is 0.0562. The SMILES string of the molecule is O=C(c1ccc(C(=O)N2CCCCCC2)cc1)c1cnc2ccccn12. The number of nitrogens with zero attached hydrogens (tertiary/aromatic N) is 3. The van der Waals surface area contributed by atoms with Gasteiger partial charge < -0.3 is 4.90 Å². The van der Waals surface area contributed by atoms with E-state index < -0.39 is 0 Å². The van der Waals surface area contributed by atoms with Gasteiger partial charge in [0, 0.05) is 30.4 Å². The lowest BCUT2D eigenvalue weighted by Crippen LogP contribution is -2.31. The van der Waals surface area contributed by atoms with E-state index in [2.05, 4.69) is 4.98 Å². The van der Waals surface area contributed by atoms with E-state index in [0.29, 0.717) is 16.8 Å². The number of fused-ring (bicyclic) bond motifs is 1. The summed E-state index contributed by atoms with van der Waals surface area (Å²) in [7, 11) is 0. The van der Waals surface area contributed by atoms with E-state index in [4.69, 9.17) is 0 Å². The topological polar surface area (TPSA) is 54.7 Å². The summed E-state index contributed by atoms with van der Waals surface area (Å²) in [6, 6.07) is 12.6. The molecule has 1 aliphatic heterocycles. The second-order valence-electron chi connectivity index (χ2n) is 6.69. The van der Waals surface area contributed by atoms with Crippen LogP contribution in [0, 0.1) is 0 Å². The first kappa shape index (κ1) is 16.5. The largest absolute Gasteiger partial charge is 0.339 e. The van der Waals surface area contributed by atoms with Gasteiger partial charge in [-0.15, -0.1) is 0 Å². The number of carbonyl (C=O) groups excluding carboxylic acids is 2. The normalized spacial score (nSPS) is 15.0. The highest BCUT2D eigenvalue weighted by molar-refractivity contribution is 6.08. The lowest BCUT2D eigenvalue weighted by Gasteiger charge is -2.20. The average molecular weight is 347 g/mol. The van der Waals surface area contributed by atoms with Gasteiger partial charge in [-0.3, -0.25) is 14.0 Å². The third-order valence-electron chi connectivity index (χ3n) is 4.94. The van der Waals surface area contributed by atoms with Gasteiger partial charge in [-0.25, -0.2) is 4.98 Å². The second kappa shape index (κ2) is 7.12. The van der Waals surface area contributed by atoms with Gasteiger partial charge >= 0.3 is 0 Å². The van der Waals surface area contributed by atoms with E-state index in [1.54, 1.807) is 34.9 Å². The Balaban J connectivity index is 1.55. The minimum atomic E-state index is -0.0996. The molecule has 0 atom stereocenters. The highest BCUT2D eigenvalue weighted by Crippen LogP contribution is 2.16. The van der Waals surface area contributed by atoms with Crippen LogP contribution in [0.25, 0.3) is 5.65 Å². The molecule has 3 aromatic rings. The first-order valence-corrected chi connectivity index (χ1v) is 9.10. The van der Waals surface area contributed by atoms with E-state index in [1.165, 1.54) is 12.8 Å². The number of carbonyl (C=O) groups is 2. The number of likely N-dealkylation sites (tertiary alicyclic amines) is 1. The van der Waals surface area contributed by atoms with Crippen LogP contribution < -0.4 is 0 Å². The first-order valence-electron chi connectivity index (χ1n) is 9.10. The molecule has 0 N–H and O–H groups in total. The van der Waals surface area contributed by atoms with Crippen molar-refractivity contribution >= 4 is 17.3 Å². The summed E-state index contributed by atoms with van der Waals surface area (Å²) in [5, 5.41) is 0. The summed E-state index contributed by atoms with van der Waals surface area (Å²) in [5.41, 5.74) is 2.46. The van der Waals surface area contributed by atoms with Crippen LogP contribution in [0.5, 0.6) is 0 Å². The van der Waals surface area contributed by atoms with Gasteiger partial charge in [-0.1, -0.05) is 31.0 Å². The fourth-order valence-electron chi connectivity index (χ4n) is 3.47. The molecule has 5 heteroatoms. The molecule has 0 saturated carbocycles. The van der Waals surface area contributed by atoms with E-state index in [1.807, 2.05) is 29.3 Å². The molecule has 1 aromatic carbocycles. The Hall–Kier alpha value is -2.95. The monoisotopic (exact) mass is 347 g/mol. The quantitative estimate of drug-likeness (QED) is 0.681. The molecular weight excluding hydrogens is 326 g/mol. The number of amides is 1. The van der Waals surface area contributed by atoms with E-state index in [-0.39, 0.29) is 11.7 Å². The van der Waals surface area contributed by atoms with Crippen LogP contribution in [0.2, 0.25) is 0 Å². The van der Waals surface area contributed by atoms with Crippen LogP contribution >= 0.6 is 0 Å². The molecule has 26 heavy (non-hydrogen) atoms. The second-order valence-corrected chi connectivity index (χ2v) is 6.69. The molecule has 3 heterocycles. The Bertz CT molecular complexity index is 935. The number of pyridine rings is 1. The van der Waals surface area contributed by atoms with Crippen molar-refractivity contribution in [3.8, 4) is 0 Å². The number of hydrogen-bond donors (Lipinski definition) is 0. The van der Waals surface area contributed by atoms with Gasteiger partial charge in [0.2, 0.25) is 5.78 Å². The molecule has 0 unspecified atom stereocenters. The maximum Gasteiger partial charge on any atom is 0.253 e. The van der Waals surface area contributed by atoms with Crippen LogP contribution in [-0.4, -0.2) is 39.1 Å². The highest BCUT2D eigenvalue weighted by atomic mass is 16.2. The number of hydrogen-bond acceptors (Lipinski definition) is 3. The zero-order chi connectivity index (χ0) is 17.9. The molecule has 132 valence electrons. The number of imidazole rings is 1. The molecular formula is C21H21N3O2. The van der Waals surface area contributed by atoms with E-state index in [0.717, 1.165) is 31.6 Å². The highest BCUT2D eigenvalue weighted by Gasteiger charge is 2.19. The standard InChI is InChI=1S/C21H21N3O2/c25-20(18-15-22-19-7-3-6-14-24(18)19)16-8-10-17(11-9-16)21(26)23-12-4-1-2-5-13-23/h3,6-11,14-15H,1-2,4-5,12-13H2. The summed E-state index contributed by atoms with van der Waals surface area (Å²) in [4.78, 5) is 31.6. The number of aromatic nitrogens is 2. The number of ketones is 1. The van der Waals surface area contributed by atoms with Crippen molar-refractivity contribution in [2.24, 2.45) is 0 Å². The van der Waals surface area contributed by atoms with Gasteiger partial charge in [0.1, 0.15) is 11.3 Å². The van der Waals surface area contributed by atoms with Crippen LogP contribution in [-0.2, 0) is 0 Å². The van der Waals surface area contributed by atoms with Gasteiger partial charge in [0.05, 0.1) is 6.20 Å². The molecule has 1 amide bonds. The van der Waals surface area contributed by atoms with Crippen LogP contribution in [0.4, 0.5) is 0 Å². The Labute approximate surface area is 152 Å². The van der Waals surface area contributed by atoms with E-state index >= 15 is 0 Å². The predicted octanol–water partition coefficient (Wildman–Crippen LogP) is 3.58. The number of rotatable bonds is 3. The maximum absolute atomic E-state index is 12.8. The van der Waals surface area contributed by atoms with Crippen molar-refractivity contribution in [1.82, 2.24) is 14.3 Å². The summed E-state index contributed by atoms with van der Waals surface area (Å²) in [6.07, 6.45) is 7.93. The molecule has 0 bridgehead atoms. The summed E-state index contributed by atoms with van der Waals surface area (Å²) < 4.78 is 1.78. The van der Waals surface area contributed by atoms with Crippen molar-refractivity contribution in [3.05, 3.63) is 71.7 Å². The molecule has 0 aliphatic carbocycles. The van der Waals surface area contributed by atoms with Gasteiger partial charge in [0.25, 0.3) is 5.91 Å². The van der Waals surface area contributed by atoms with E-state index in [9.17, 15) is 9.59 Å². The van der Waals surface area contributed by atoms with Gasteiger partial charge in [0.15, 0.2) is 0 Å². The van der Waals surface area contributed by atoms with Crippen LogP contribution in [0.15, 0.2) is 54.9 Å². The molecule has 1 saturated heterocycles. The summed E-state index contributed by atoms with van der Waals surface area (Å²) in [5.74, 6) is -0.0434. The molecule has 2 aromatic heterocycles. The van der Waals surface area contributed by atoms with Crippen molar-refractivity contribution < 1.29 is 9.59 Å². The molecule has 0 radical (unpaired) electrons. The third-order valence-corrected chi connectivity index (χ3v) is 4.94. The molecule has 5 nitrogen and oxygen atoms in total. The molecule has 1 fully saturated rings. The molecule has 0 spiro atoms. The smallest absolute Gasteiger partial charge is 0.253 e. The number of benzene rings is 1. The third kappa shape index (κ3) is 3.12. The zero-order valence-electron chi connectivity index (χ0n) is 14.6. The Kier molecular flexibility index (Phi) is 4.52. The van der Waals surface area contributed by atoms with Crippen molar-refractivity contribution in [2.75, 3.05) is 13.1 Å². The average Bonchev–Trinajstić information content (AvgIpc) is 2.93. The van der Waals surface area contributed by atoms with Crippen LogP contribution in [0.3, 0.4) is 0 Å². The lowest BCUT2D eigenvalue weighted by molar-refractivity contribution is 0.0761. The lowest BCUT2D eigenvalue weighted by atomic mass is 10.1. The van der Waals surface area contributed by atoms with Crippen molar-refractivity contribution in [1.29, 1.82) is 0 Å². The maximum atomic E-state index is 12.8. The first-order chi connectivity index (χ1) is 12.7. The fourth-order valence-corrected chi connectivity index (χ4v) is 3.47. The Morgan fingerprint density at radius 2 is 1.54 bits per heavy atom. The summed E-state index contributed by atoms with van der Waals surface area (Å²) in [6.45, 7) is 1.64.